The summed E-state index contributed by atoms with van der Waals surface area (Å²) in [4.78, 5) is 28.7. The van der Waals surface area contributed by atoms with Gasteiger partial charge in [-0.3, -0.25) is 9.59 Å². The molecule has 1 aliphatic rings. The fourth-order valence-electron chi connectivity index (χ4n) is 4.33. The Morgan fingerprint density at radius 2 is 1.60 bits per heavy atom. The summed E-state index contributed by atoms with van der Waals surface area (Å²) >= 11 is 1.37. The number of ether oxygens (including phenoxy) is 2. The van der Waals surface area contributed by atoms with Crippen molar-refractivity contribution in [2.45, 2.75) is 23.7 Å². The predicted octanol–water partition coefficient (Wildman–Crippen LogP) is 5.45. The van der Waals surface area contributed by atoms with Gasteiger partial charge in [-0.05, 0) is 48.6 Å². The lowest BCUT2D eigenvalue weighted by atomic mass is 9.89. The quantitative estimate of drug-likeness (QED) is 0.425. The third kappa shape index (κ3) is 6.17. The standard InChI is InChI=1S/C28H30N2O4S/c1-33-24-13-12-22(18-25(24)34-2)29-27(31)19-35-26-11-7-6-10-23(26)28(32)30-16-14-21(15-17-30)20-8-4-3-5-9-20/h3-13,18,21H,14-17,19H2,1-2H3,(H,29,31). The van der Waals surface area contributed by atoms with Gasteiger partial charge in [0.05, 0.1) is 25.5 Å². The molecule has 0 unspecified atom stereocenters. The Hall–Kier alpha value is -3.45. The number of methoxy groups -OCH3 is 2. The molecule has 0 spiro atoms. The van der Waals surface area contributed by atoms with Gasteiger partial charge in [-0.15, -0.1) is 11.8 Å². The van der Waals surface area contributed by atoms with Gasteiger partial charge < -0.3 is 19.7 Å². The molecule has 2 amide bonds. The number of anilines is 1. The van der Waals surface area contributed by atoms with Gasteiger partial charge in [-0.2, -0.15) is 0 Å². The summed E-state index contributed by atoms with van der Waals surface area (Å²) in [6, 6.07) is 23.3. The summed E-state index contributed by atoms with van der Waals surface area (Å²) in [6.45, 7) is 1.47. The van der Waals surface area contributed by atoms with E-state index in [4.69, 9.17) is 9.47 Å². The lowest BCUT2D eigenvalue weighted by molar-refractivity contribution is -0.113. The Morgan fingerprint density at radius 3 is 2.31 bits per heavy atom. The molecule has 0 saturated carbocycles. The maximum atomic E-state index is 13.3. The first-order valence-corrected chi connectivity index (χ1v) is 12.7. The highest BCUT2D eigenvalue weighted by molar-refractivity contribution is 8.00. The van der Waals surface area contributed by atoms with Gasteiger partial charge >= 0.3 is 0 Å². The first kappa shape index (κ1) is 24.7. The van der Waals surface area contributed by atoms with Crippen LogP contribution < -0.4 is 14.8 Å². The first-order chi connectivity index (χ1) is 17.1. The second-order valence-corrected chi connectivity index (χ2v) is 9.40. The van der Waals surface area contributed by atoms with E-state index in [1.165, 1.54) is 17.3 Å². The minimum atomic E-state index is -0.159. The van der Waals surface area contributed by atoms with E-state index >= 15 is 0 Å². The van der Waals surface area contributed by atoms with Gasteiger partial charge in [-0.1, -0.05) is 42.5 Å². The van der Waals surface area contributed by atoms with Crippen LogP contribution in [0.4, 0.5) is 5.69 Å². The number of piperidine rings is 1. The van der Waals surface area contributed by atoms with E-state index in [1.54, 1.807) is 32.4 Å². The molecule has 1 heterocycles. The Balaban J connectivity index is 1.35. The molecule has 6 nitrogen and oxygen atoms in total. The van der Waals surface area contributed by atoms with Crippen molar-refractivity contribution >= 4 is 29.3 Å². The number of amides is 2. The van der Waals surface area contributed by atoms with E-state index in [0.29, 0.717) is 28.7 Å². The number of hydrogen-bond donors (Lipinski definition) is 1. The minimum absolute atomic E-state index is 0.0277. The normalized spacial score (nSPS) is 13.8. The van der Waals surface area contributed by atoms with E-state index < -0.39 is 0 Å². The van der Waals surface area contributed by atoms with Gasteiger partial charge in [0.15, 0.2) is 11.5 Å². The Labute approximate surface area is 210 Å². The van der Waals surface area contributed by atoms with Crippen LogP contribution in [-0.4, -0.2) is 49.8 Å². The second-order valence-electron chi connectivity index (χ2n) is 8.38. The van der Waals surface area contributed by atoms with Crippen LogP contribution in [0, 0.1) is 0 Å². The molecule has 35 heavy (non-hydrogen) atoms. The Kier molecular flexibility index (Phi) is 8.32. The third-order valence-corrected chi connectivity index (χ3v) is 7.27. The molecule has 1 saturated heterocycles. The summed E-state index contributed by atoms with van der Waals surface area (Å²) in [6.07, 6.45) is 1.91. The number of hydrogen-bond acceptors (Lipinski definition) is 5. The summed E-state index contributed by atoms with van der Waals surface area (Å²) in [5, 5.41) is 2.88. The largest absolute Gasteiger partial charge is 0.493 e. The van der Waals surface area contributed by atoms with E-state index in [0.717, 1.165) is 30.8 Å². The molecular weight excluding hydrogens is 460 g/mol. The molecule has 3 aromatic carbocycles. The summed E-state index contributed by atoms with van der Waals surface area (Å²) in [5.41, 5.74) is 2.62. The highest BCUT2D eigenvalue weighted by atomic mass is 32.2. The number of carbonyl (C=O) groups is 2. The maximum absolute atomic E-state index is 13.3. The summed E-state index contributed by atoms with van der Waals surface area (Å²) in [7, 11) is 3.12. The highest BCUT2D eigenvalue weighted by Gasteiger charge is 2.26. The lowest BCUT2D eigenvalue weighted by Crippen LogP contribution is -2.38. The number of carbonyl (C=O) groups excluding carboxylic acids is 2. The molecule has 7 heteroatoms. The SMILES string of the molecule is COc1ccc(NC(=O)CSc2ccccc2C(=O)N2CCC(c3ccccc3)CC2)cc1OC. The molecule has 0 atom stereocenters. The molecular formula is C28H30N2O4S. The number of thioether (sulfide) groups is 1. The van der Waals surface area contributed by atoms with Crippen LogP contribution in [0.15, 0.2) is 77.7 Å². The van der Waals surface area contributed by atoms with E-state index in [2.05, 4.69) is 29.6 Å². The smallest absolute Gasteiger partial charge is 0.254 e. The van der Waals surface area contributed by atoms with Crippen molar-refractivity contribution in [2.75, 3.05) is 38.4 Å². The highest BCUT2D eigenvalue weighted by Crippen LogP contribution is 2.31. The van der Waals surface area contributed by atoms with Crippen molar-refractivity contribution in [3.8, 4) is 11.5 Å². The first-order valence-electron chi connectivity index (χ1n) is 11.7. The molecule has 1 aliphatic heterocycles. The number of nitrogens with one attached hydrogen (secondary N) is 1. The number of rotatable bonds is 8. The Bertz CT molecular complexity index is 1160. The lowest BCUT2D eigenvalue weighted by Gasteiger charge is -2.32. The fourth-order valence-corrected chi connectivity index (χ4v) is 5.18. The number of likely N-dealkylation sites (tertiary alicyclic amines) is 1. The van der Waals surface area contributed by atoms with Crippen molar-refractivity contribution in [1.82, 2.24) is 4.90 Å². The number of benzene rings is 3. The van der Waals surface area contributed by atoms with Crippen LogP contribution in [-0.2, 0) is 4.79 Å². The molecule has 182 valence electrons. The molecule has 0 aromatic heterocycles. The number of nitrogens with zero attached hydrogens (tertiary/aromatic N) is 1. The van der Waals surface area contributed by atoms with Crippen LogP contribution in [0.2, 0.25) is 0 Å². The van der Waals surface area contributed by atoms with E-state index in [1.807, 2.05) is 35.2 Å². The fraction of sp³-hybridized carbons (Fsp3) is 0.286. The summed E-state index contributed by atoms with van der Waals surface area (Å²) < 4.78 is 10.5. The molecule has 1 fully saturated rings. The van der Waals surface area contributed by atoms with Crippen molar-refractivity contribution < 1.29 is 19.1 Å². The zero-order valence-corrected chi connectivity index (χ0v) is 20.8. The average molecular weight is 491 g/mol. The van der Waals surface area contributed by atoms with E-state index in [-0.39, 0.29) is 17.6 Å². The van der Waals surface area contributed by atoms with Crippen molar-refractivity contribution in [3.05, 3.63) is 83.9 Å². The van der Waals surface area contributed by atoms with Gasteiger partial charge in [0.2, 0.25) is 5.91 Å². The van der Waals surface area contributed by atoms with Gasteiger partial charge in [-0.25, -0.2) is 0 Å². The van der Waals surface area contributed by atoms with Crippen molar-refractivity contribution in [3.63, 3.8) is 0 Å². The van der Waals surface area contributed by atoms with Gasteiger partial charge in [0.25, 0.3) is 5.91 Å². The van der Waals surface area contributed by atoms with Crippen molar-refractivity contribution in [1.29, 1.82) is 0 Å². The molecule has 1 N–H and O–H groups in total. The monoisotopic (exact) mass is 490 g/mol. The second kappa shape index (κ2) is 11.8. The third-order valence-electron chi connectivity index (χ3n) is 6.20. The molecule has 4 rings (SSSR count). The average Bonchev–Trinajstić information content (AvgIpc) is 2.92. The Morgan fingerprint density at radius 1 is 0.914 bits per heavy atom. The van der Waals surface area contributed by atoms with Crippen LogP contribution in [0.1, 0.15) is 34.7 Å². The van der Waals surface area contributed by atoms with E-state index in [9.17, 15) is 9.59 Å². The maximum Gasteiger partial charge on any atom is 0.254 e. The van der Waals surface area contributed by atoms with Crippen LogP contribution >= 0.6 is 11.8 Å². The molecule has 0 aliphatic carbocycles. The molecule has 0 radical (unpaired) electrons. The van der Waals surface area contributed by atoms with Gasteiger partial charge in [0.1, 0.15) is 0 Å². The zero-order chi connectivity index (χ0) is 24.6. The van der Waals surface area contributed by atoms with Crippen LogP contribution in [0.3, 0.4) is 0 Å². The predicted molar refractivity (Wildman–Crippen MR) is 140 cm³/mol. The summed E-state index contributed by atoms with van der Waals surface area (Å²) in [5.74, 6) is 1.69. The molecule has 0 bridgehead atoms. The minimum Gasteiger partial charge on any atom is -0.493 e. The molecule has 3 aromatic rings. The topological polar surface area (TPSA) is 67.9 Å². The van der Waals surface area contributed by atoms with Crippen molar-refractivity contribution in [2.24, 2.45) is 0 Å². The van der Waals surface area contributed by atoms with Crippen LogP contribution in [0.5, 0.6) is 11.5 Å². The van der Waals surface area contributed by atoms with Gasteiger partial charge in [0, 0.05) is 29.7 Å². The van der Waals surface area contributed by atoms with Crippen LogP contribution in [0.25, 0.3) is 0 Å². The zero-order valence-electron chi connectivity index (χ0n) is 20.0.